The van der Waals surface area contributed by atoms with E-state index < -0.39 is 0 Å². The van der Waals surface area contributed by atoms with Crippen LogP contribution >= 0.6 is 15.9 Å². The molecule has 1 aromatic rings. The van der Waals surface area contributed by atoms with Crippen molar-refractivity contribution in [2.75, 3.05) is 19.7 Å². The summed E-state index contributed by atoms with van der Waals surface area (Å²) in [6.45, 7) is 5.25. The highest BCUT2D eigenvalue weighted by Gasteiger charge is 2.30. The lowest BCUT2D eigenvalue weighted by atomic mass is 9.97. The molecule has 0 spiro atoms. The van der Waals surface area contributed by atoms with E-state index >= 15 is 0 Å². The summed E-state index contributed by atoms with van der Waals surface area (Å²) < 4.78 is 5.96. The van der Waals surface area contributed by atoms with Crippen molar-refractivity contribution in [3.8, 4) is 0 Å². The van der Waals surface area contributed by atoms with E-state index in [-0.39, 0.29) is 17.8 Å². The number of ether oxygens (including phenoxy) is 1. The predicted octanol–water partition coefficient (Wildman–Crippen LogP) is 3.17. The lowest BCUT2D eigenvalue weighted by molar-refractivity contribution is -0.149. The van der Waals surface area contributed by atoms with Gasteiger partial charge in [0, 0.05) is 23.1 Å². The van der Waals surface area contributed by atoms with Crippen molar-refractivity contribution in [2.24, 2.45) is 5.92 Å². The Kier molecular flexibility index (Phi) is 5.39. The molecule has 1 aliphatic rings. The molecule has 21 heavy (non-hydrogen) atoms. The standard InChI is InChI=1S/C16H20BrNO3/c1-3-21-16(20)12-5-4-8-18(10-12)15(19)14-9-13(17)7-6-11(14)2/h6-7,9,12H,3-5,8,10H2,1-2H3/t12-/m0/s1. The van der Waals surface area contributed by atoms with Crippen molar-refractivity contribution in [3.63, 3.8) is 0 Å². The van der Waals surface area contributed by atoms with Crippen LogP contribution < -0.4 is 0 Å². The van der Waals surface area contributed by atoms with Gasteiger partial charge in [0.25, 0.3) is 5.91 Å². The van der Waals surface area contributed by atoms with Crippen LogP contribution in [0, 0.1) is 12.8 Å². The van der Waals surface area contributed by atoms with E-state index in [1.807, 2.05) is 25.1 Å². The van der Waals surface area contributed by atoms with Gasteiger partial charge in [-0.25, -0.2) is 0 Å². The number of hydrogen-bond acceptors (Lipinski definition) is 3. The number of piperidine rings is 1. The van der Waals surface area contributed by atoms with Crippen LogP contribution in [0.15, 0.2) is 22.7 Å². The molecule has 0 bridgehead atoms. The molecule has 5 heteroatoms. The fraction of sp³-hybridized carbons (Fsp3) is 0.500. The second-order valence-corrected chi connectivity index (χ2v) is 6.22. The Balaban J connectivity index is 2.12. The largest absolute Gasteiger partial charge is 0.466 e. The molecule has 114 valence electrons. The average molecular weight is 354 g/mol. The molecule has 4 nitrogen and oxygen atoms in total. The summed E-state index contributed by atoms with van der Waals surface area (Å²) in [5, 5.41) is 0. The summed E-state index contributed by atoms with van der Waals surface area (Å²) >= 11 is 3.40. The molecule has 0 N–H and O–H groups in total. The number of rotatable bonds is 3. The molecule has 0 saturated carbocycles. The Morgan fingerprint density at radius 2 is 2.19 bits per heavy atom. The maximum absolute atomic E-state index is 12.7. The quantitative estimate of drug-likeness (QED) is 0.784. The lowest BCUT2D eigenvalue weighted by Crippen LogP contribution is -2.43. The predicted molar refractivity (Wildman–Crippen MR) is 84.1 cm³/mol. The van der Waals surface area contributed by atoms with Gasteiger partial charge in [-0.2, -0.15) is 0 Å². The summed E-state index contributed by atoms with van der Waals surface area (Å²) in [6, 6.07) is 5.68. The molecule has 2 rings (SSSR count). The zero-order chi connectivity index (χ0) is 15.4. The smallest absolute Gasteiger partial charge is 0.310 e. The average Bonchev–Trinajstić information content (AvgIpc) is 2.49. The number of carbonyl (C=O) groups is 2. The highest BCUT2D eigenvalue weighted by atomic mass is 79.9. The van der Waals surface area contributed by atoms with Crippen molar-refractivity contribution in [2.45, 2.75) is 26.7 Å². The van der Waals surface area contributed by atoms with Gasteiger partial charge in [-0.05, 0) is 44.4 Å². The van der Waals surface area contributed by atoms with E-state index in [4.69, 9.17) is 4.74 Å². The van der Waals surface area contributed by atoms with E-state index in [1.54, 1.807) is 11.8 Å². The number of nitrogens with zero attached hydrogens (tertiary/aromatic N) is 1. The molecule has 1 aliphatic heterocycles. The molecule has 1 amide bonds. The van der Waals surface area contributed by atoms with Gasteiger partial charge in [0.1, 0.15) is 0 Å². The molecule has 1 fully saturated rings. The third-order valence-electron chi connectivity index (χ3n) is 3.76. The minimum Gasteiger partial charge on any atom is -0.466 e. The maximum Gasteiger partial charge on any atom is 0.310 e. The molecule has 0 radical (unpaired) electrons. The number of halogens is 1. The number of hydrogen-bond donors (Lipinski definition) is 0. The fourth-order valence-electron chi connectivity index (χ4n) is 2.61. The number of amides is 1. The zero-order valence-corrected chi connectivity index (χ0v) is 14.0. The van der Waals surface area contributed by atoms with E-state index in [9.17, 15) is 9.59 Å². The van der Waals surface area contributed by atoms with Crippen molar-refractivity contribution in [1.82, 2.24) is 4.90 Å². The first-order chi connectivity index (χ1) is 10.0. The highest BCUT2D eigenvalue weighted by molar-refractivity contribution is 9.10. The Hall–Kier alpha value is -1.36. The minimum absolute atomic E-state index is 0.0113. The van der Waals surface area contributed by atoms with Crippen LogP contribution in [0.3, 0.4) is 0 Å². The second-order valence-electron chi connectivity index (χ2n) is 5.30. The second kappa shape index (κ2) is 7.07. The topological polar surface area (TPSA) is 46.6 Å². The van der Waals surface area contributed by atoms with Crippen molar-refractivity contribution in [1.29, 1.82) is 0 Å². The summed E-state index contributed by atoms with van der Waals surface area (Å²) in [4.78, 5) is 26.3. The van der Waals surface area contributed by atoms with Crippen molar-refractivity contribution >= 4 is 27.8 Å². The monoisotopic (exact) mass is 353 g/mol. The van der Waals surface area contributed by atoms with Crippen LogP contribution in [-0.2, 0) is 9.53 Å². The van der Waals surface area contributed by atoms with Gasteiger partial charge in [-0.3, -0.25) is 9.59 Å². The van der Waals surface area contributed by atoms with E-state index in [2.05, 4.69) is 15.9 Å². The van der Waals surface area contributed by atoms with Gasteiger partial charge in [0.2, 0.25) is 0 Å². The van der Waals surface area contributed by atoms with Crippen LogP contribution in [-0.4, -0.2) is 36.5 Å². The number of likely N-dealkylation sites (tertiary alicyclic amines) is 1. The molecular formula is C16H20BrNO3. The highest BCUT2D eigenvalue weighted by Crippen LogP contribution is 2.23. The van der Waals surface area contributed by atoms with E-state index in [0.717, 1.165) is 22.9 Å². The van der Waals surface area contributed by atoms with Crippen LogP contribution in [0.4, 0.5) is 0 Å². The molecule has 0 unspecified atom stereocenters. The summed E-state index contributed by atoms with van der Waals surface area (Å²) in [7, 11) is 0. The molecule has 1 atom stereocenters. The summed E-state index contributed by atoms with van der Waals surface area (Å²) in [5.41, 5.74) is 1.63. The first kappa shape index (κ1) is 16.0. The summed E-state index contributed by atoms with van der Waals surface area (Å²) in [5.74, 6) is -0.404. The molecular weight excluding hydrogens is 334 g/mol. The molecule has 1 saturated heterocycles. The number of benzene rings is 1. The van der Waals surface area contributed by atoms with Gasteiger partial charge in [-0.15, -0.1) is 0 Å². The summed E-state index contributed by atoms with van der Waals surface area (Å²) in [6.07, 6.45) is 1.63. The Morgan fingerprint density at radius 1 is 1.43 bits per heavy atom. The van der Waals surface area contributed by atoms with Crippen LogP contribution in [0.1, 0.15) is 35.7 Å². The van der Waals surface area contributed by atoms with Crippen molar-refractivity contribution in [3.05, 3.63) is 33.8 Å². The lowest BCUT2D eigenvalue weighted by Gasteiger charge is -2.32. The Labute approximate surface area is 133 Å². The van der Waals surface area contributed by atoms with Crippen LogP contribution in [0.5, 0.6) is 0 Å². The van der Waals surface area contributed by atoms with E-state index in [1.165, 1.54) is 0 Å². The Bertz CT molecular complexity index is 544. The first-order valence-electron chi connectivity index (χ1n) is 7.25. The van der Waals surface area contributed by atoms with Gasteiger partial charge in [-0.1, -0.05) is 22.0 Å². The molecule has 0 aromatic heterocycles. The number of esters is 1. The Morgan fingerprint density at radius 3 is 2.90 bits per heavy atom. The SMILES string of the molecule is CCOC(=O)[C@H]1CCCN(C(=O)c2cc(Br)ccc2C)C1. The van der Waals surface area contributed by atoms with Crippen molar-refractivity contribution < 1.29 is 14.3 Å². The van der Waals surface area contributed by atoms with E-state index in [0.29, 0.717) is 25.3 Å². The minimum atomic E-state index is -0.199. The normalized spacial score (nSPS) is 18.4. The molecule has 1 aromatic carbocycles. The van der Waals surface area contributed by atoms with Crippen LogP contribution in [0.25, 0.3) is 0 Å². The van der Waals surface area contributed by atoms with Gasteiger partial charge < -0.3 is 9.64 Å². The fourth-order valence-corrected chi connectivity index (χ4v) is 2.97. The number of carbonyl (C=O) groups excluding carboxylic acids is 2. The van der Waals surface area contributed by atoms with Gasteiger partial charge in [0.15, 0.2) is 0 Å². The maximum atomic E-state index is 12.7. The third-order valence-corrected chi connectivity index (χ3v) is 4.25. The molecule has 0 aliphatic carbocycles. The van der Waals surface area contributed by atoms with Crippen LogP contribution in [0.2, 0.25) is 0 Å². The number of aryl methyl sites for hydroxylation is 1. The van der Waals surface area contributed by atoms with Gasteiger partial charge in [0.05, 0.1) is 12.5 Å². The first-order valence-corrected chi connectivity index (χ1v) is 8.04. The molecule has 1 heterocycles. The third kappa shape index (κ3) is 3.84. The van der Waals surface area contributed by atoms with Gasteiger partial charge >= 0.3 is 5.97 Å². The zero-order valence-electron chi connectivity index (χ0n) is 12.4.